The van der Waals surface area contributed by atoms with Crippen molar-refractivity contribution in [2.75, 3.05) is 0 Å². The van der Waals surface area contributed by atoms with Crippen LogP contribution >= 0.6 is 0 Å². The molecule has 1 aromatic heterocycles. The van der Waals surface area contributed by atoms with Gasteiger partial charge in [-0.15, -0.1) is 0 Å². The molecule has 2 aliphatic rings. The van der Waals surface area contributed by atoms with Crippen LogP contribution in [0.25, 0.3) is 0 Å². The lowest BCUT2D eigenvalue weighted by Crippen LogP contribution is -2.53. The number of nitrogens with zero attached hydrogens (tertiary/aromatic N) is 3. The van der Waals surface area contributed by atoms with Crippen molar-refractivity contribution in [1.29, 1.82) is 0 Å². The molecule has 4 rings (SSSR count). The molecule has 2 heterocycles. The number of hydrogen-bond donors (Lipinski definition) is 1. The molecule has 0 saturated heterocycles. The Labute approximate surface area is 139 Å². The Hall–Kier alpha value is -2.70. The van der Waals surface area contributed by atoms with Gasteiger partial charge in [0, 0.05) is 13.3 Å². The van der Waals surface area contributed by atoms with E-state index in [1.807, 2.05) is 30.3 Å². The van der Waals surface area contributed by atoms with Crippen molar-refractivity contribution in [3.05, 3.63) is 47.6 Å². The molecule has 0 spiro atoms. The number of amides is 1. The Morgan fingerprint density at radius 1 is 1.29 bits per heavy atom. The number of oxime groups is 1. The first-order valence-electron chi connectivity index (χ1n) is 8.07. The van der Waals surface area contributed by atoms with E-state index in [0.29, 0.717) is 23.8 Å². The molecule has 1 amide bonds. The van der Waals surface area contributed by atoms with Gasteiger partial charge in [0.15, 0.2) is 11.9 Å². The molecule has 1 atom stereocenters. The van der Waals surface area contributed by atoms with Crippen LogP contribution in [0.5, 0.6) is 0 Å². The van der Waals surface area contributed by atoms with Crippen LogP contribution in [0.15, 0.2) is 40.0 Å². The lowest BCUT2D eigenvalue weighted by Gasteiger charge is -2.39. The second kappa shape index (κ2) is 5.74. The molecule has 2 aromatic rings. The smallest absolute Gasteiger partial charge is 0.270 e. The third kappa shape index (κ3) is 2.55. The molecule has 1 N–H and O–H groups in total. The van der Waals surface area contributed by atoms with Crippen LogP contribution < -0.4 is 5.32 Å². The minimum Gasteiger partial charge on any atom is -0.387 e. The number of carbonyl (C=O) groups is 1. The van der Waals surface area contributed by atoms with Gasteiger partial charge < -0.3 is 14.7 Å². The Morgan fingerprint density at radius 2 is 2.08 bits per heavy atom. The van der Waals surface area contributed by atoms with Crippen LogP contribution in [0, 0.1) is 6.92 Å². The second-order valence-corrected chi connectivity index (χ2v) is 6.27. The van der Waals surface area contributed by atoms with E-state index in [0.717, 1.165) is 24.8 Å². The molecule has 0 bridgehead atoms. The van der Waals surface area contributed by atoms with E-state index in [2.05, 4.69) is 20.6 Å². The third-order valence-electron chi connectivity index (χ3n) is 4.62. The predicted molar refractivity (Wildman–Crippen MR) is 85.0 cm³/mol. The topological polar surface area (TPSA) is 89.6 Å². The molecule has 1 aliphatic carbocycles. The maximum absolute atomic E-state index is 12.6. The molecule has 1 fully saturated rings. The molecule has 0 radical (unpaired) electrons. The summed E-state index contributed by atoms with van der Waals surface area (Å²) in [6.45, 7) is 1.74. The molecule has 1 aliphatic heterocycles. The summed E-state index contributed by atoms with van der Waals surface area (Å²) in [4.78, 5) is 22.3. The summed E-state index contributed by atoms with van der Waals surface area (Å²) in [7, 11) is 0. The Bertz CT molecular complexity index is 780. The molecule has 1 aromatic carbocycles. The largest absolute Gasteiger partial charge is 0.387 e. The number of aromatic nitrogens is 2. The van der Waals surface area contributed by atoms with Crippen LogP contribution in [-0.2, 0) is 15.2 Å². The van der Waals surface area contributed by atoms with Crippen LogP contribution in [-0.4, -0.2) is 21.8 Å². The Kier molecular flexibility index (Phi) is 3.55. The SMILES string of the molecule is Cc1nc(C2(NC(=O)C3=NO[C@H](c4ccccc4)C3)CCC2)no1. The van der Waals surface area contributed by atoms with Gasteiger partial charge in [-0.2, -0.15) is 4.98 Å². The van der Waals surface area contributed by atoms with Gasteiger partial charge in [0.25, 0.3) is 5.91 Å². The number of hydrogen-bond acceptors (Lipinski definition) is 6. The second-order valence-electron chi connectivity index (χ2n) is 6.27. The van der Waals surface area contributed by atoms with E-state index in [9.17, 15) is 4.79 Å². The van der Waals surface area contributed by atoms with Crippen molar-refractivity contribution in [3.63, 3.8) is 0 Å². The van der Waals surface area contributed by atoms with Crippen molar-refractivity contribution < 1.29 is 14.2 Å². The maximum Gasteiger partial charge on any atom is 0.270 e. The summed E-state index contributed by atoms with van der Waals surface area (Å²) in [6, 6.07) is 9.77. The molecule has 124 valence electrons. The molecular weight excluding hydrogens is 308 g/mol. The summed E-state index contributed by atoms with van der Waals surface area (Å²) in [5, 5.41) is 11.0. The average Bonchev–Trinajstić information content (AvgIpc) is 3.21. The lowest BCUT2D eigenvalue weighted by molar-refractivity contribution is -0.118. The minimum atomic E-state index is -0.539. The average molecular weight is 326 g/mol. The normalized spacial score (nSPS) is 21.5. The van der Waals surface area contributed by atoms with Crippen molar-refractivity contribution in [1.82, 2.24) is 15.5 Å². The monoisotopic (exact) mass is 326 g/mol. The van der Waals surface area contributed by atoms with Gasteiger partial charge in [-0.1, -0.05) is 40.6 Å². The zero-order valence-corrected chi connectivity index (χ0v) is 13.4. The molecule has 7 heteroatoms. The summed E-state index contributed by atoms with van der Waals surface area (Å²) < 4.78 is 5.06. The van der Waals surface area contributed by atoms with E-state index in [4.69, 9.17) is 9.36 Å². The number of nitrogens with one attached hydrogen (secondary N) is 1. The first kappa shape index (κ1) is 14.9. The number of benzene rings is 1. The fourth-order valence-electron chi connectivity index (χ4n) is 3.08. The van der Waals surface area contributed by atoms with Crippen LogP contribution in [0.3, 0.4) is 0 Å². The summed E-state index contributed by atoms with van der Waals surface area (Å²) in [5.74, 6) is 0.811. The number of rotatable bonds is 4. The van der Waals surface area contributed by atoms with Crippen molar-refractivity contribution in [3.8, 4) is 0 Å². The maximum atomic E-state index is 12.6. The highest BCUT2D eigenvalue weighted by atomic mass is 16.6. The van der Waals surface area contributed by atoms with Crippen LogP contribution in [0.4, 0.5) is 0 Å². The van der Waals surface area contributed by atoms with E-state index >= 15 is 0 Å². The minimum absolute atomic E-state index is 0.211. The first-order chi connectivity index (χ1) is 11.7. The van der Waals surface area contributed by atoms with Gasteiger partial charge >= 0.3 is 0 Å². The van der Waals surface area contributed by atoms with Crippen molar-refractivity contribution >= 4 is 11.6 Å². The van der Waals surface area contributed by atoms with Gasteiger partial charge in [-0.05, 0) is 24.8 Å². The molecule has 0 unspecified atom stereocenters. The quantitative estimate of drug-likeness (QED) is 0.932. The fourth-order valence-corrected chi connectivity index (χ4v) is 3.08. The van der Waals surface area contributed by atoms with Gasteiger partial charge in [-0.25, -0.2) is 0 Å². The zero-order chi connectivity index (χ0) is 16.6. The first-order valence-corrected chi connectivity index (χ1v) is 8.07. The van der Waals surface area contributed by atoms with Crippen molar-refractivity contribution in [2.24, 2.45) is 5.16 Å². The van der Waals surface area contributed by atoms with E-state index in [1.165, 1.54) is 0 Å². The zero-order valence-electron chi connectivity index (χ0n) is 13.4. The standard InChI is InChI=1S/C17H18N4O3/c1-11-18-16(21-23-11)17(8-5-9-17)19-15(22)13-10-14(24-20-13)12-6-3-2-4-7-12/h2-4,6-7,14H,5,8-10H2,1H3,(H,19,22)/t14-/m0/s1. The number of aryl methyl sites for hydroxylation is 1. The van der Waals surface area contributed by atoms with E-state index in [-0.39, 0.29) is 12.0 Å². The number of carbonyl (C=O) groups excluding carboxylic acids is 1. The molecule has 7 nitrogen and oxygen atoms in total. The van der Waals surface area contributed by atoms with Crippen LogP contribution in [0.1, 0.15) is 49.1 Å². The Balaban J connectivity index is 1.45. The predicted octanol–water partition coefficient (Wildman–Crippen LogP) is 2.39. The highest BCUT2D eigenvalue weighted by Gasteiger charge is 2.45. The molecular formula is C17H18N4O3. The molecule has 24 heavy (non-hydrogen) atoms. The van der Waals surface area contributed by atoms with Gasteiger partial charge in [0.05, 0.1) is 0 Å². The van der Waals surface area contributed by atoms with E-state index in [1.54, 1.807) is 6.92 Å². The van der Waals surface area contributed by atoms with Gasteiger partial charge in [-0.3, -0.25) is 4.79 Å². The third-order valence-corrected chi connectivity index (χ3v) is 4.62. The highest BCUT2D eigenvalue weighted by molar-refractivity contribution is 6.39. The van der Waals surface area contributed by atoms with Crippen LogP contribution in [0.2, 0.25) is 0 Å². The fraction of sp³-hybridized carbons (Fsp3) is 0.412. The lowest BCUT2D eigenvalue weighted by atomic mass is 9.76. The van der Waals surface area contributed by atoms with Crippen molar-refractivity contribution in [2.45, 2.75) is 44.2 Å². The van der Waals surface area contributed by atoms with Gasteiger partial charge in [0.1, 0.15) is 11.3 Å². The van der Waals surface area contributed by atoms with E-state index < -0.39 is 5.54 Å². The van der Waals surface area contributed by atoms with Gasteiger partial charge in [0.2, 0.25) is 5.89 Å². The summed E-state index contributed by atoms with van der Waals surface area (Å²) >= 11 is 0. The Morgan fingerprint density at radius 3 is 2.71 bits per heavy atom. The molecule has 1 saturated carbocycles. The highest BCUT2D eigenvalue weighted by Crippen LogP contribution is 2.40. The summed E-state index contributed by atoms with van der Waals surface area (Å²) in [6.07, 6.45) is 2.86. The summed E-state index contributed by atoms with van der Waals surface area (Å²) in [5.41, 5.74) is 0.869.